The number of anilines is 1. The quantitative estimate of drug-likeness (QED) is 0.742. The van der Waals surface area contributed by atoms with Gasteiger partial charge in [-0.3, -0.25) is 4.98 Å². The van der Waals surface area contributed by atoms with E-state index in [-0.39, 0.29) is 5.69 Å². The number of hydrogen-bond acceptors (Lipinski definition) is 4. The summed E-state index contributed by atoms with van der Waals surface area (Å²) < 4.78 is 28.5. The van der Waals surface area contributed by atoms with Crippen LogP contribution in [0.5, 0.6) is 0 Å². The van der Waals surface area contributed by atoms with Crippen LogP contribution < -0.4 is 5.32 Å². The minimum absolute atomic E-state index is 0.195. The molecular formula is C18H17F2N5. The van der Waals surface area contributed by atoms with Crippen LogP contribution in [0.25, 0.3) is 11.4 Å². The summed E-state index contributed by atoms with van der Waals surface area (Å²) in [6.07, 6.45) is 4.55. The van der Waals surface area contributed by atoms with Crippen molar-refractivity contribution in [2.75, 3.05) is 5.32 Å². The van der Waals surface area contributed by atoms with Gasteiger partial charge in [-0.2, -0.15) is 0 Å². The third kappa shape index (κ3) is 3.88. The van der Waals surface area contributed by atoms with E-state index >= 15 is 0 Å². The van der Waals surface area contributed by atoms with Crippen molar-refractivity contribution < 1.29 is 8.78 Å². The van der Waals surface area contributed by atoms with Crippen molar-refractivity contribution in [3.05, 3.63) is 72.5 Å². The fourth-order valence-corrected chi connectivity index (χ4v) is 2.43. The van der Waals surface area contributed by atoms with Gasteiger partial charge >= 0.3 is 0 Å². The molecule has 3 rings (SSSR count). The number of aryl methyl sites for hydroxylation is 1. The third-order valence-corrected chi connectivity index (χ3v) is 3.78. The summed E-state index contributed by atoms with van der Waals surface area (Å²) in [6.45, 7) is 3.88. The van der Waals surface area contributed by atoms with E-state index in [0.717, 1.165) is 23.3 Å². The molecule has 0 aliphatic carbocycles. The highest BCUT2D eigenvalue weighted by molar-refractivity contribution is 5.53. The smallest absolute Gasteiger partial charge is 0.165 e. The third-order valence-electron chi connectivity index (χ3n) is 3.78. The predicted molar refractivity (Wildman–Crippen MR) is 91.7 cm³/mol. The number of halogens is 2. The molecule has 1 N–H and O–H groups in total. The molecule has 0 saturated heterocycles. The van der Waals surface area contributed by atoms with E-state index in [1.54, 1.807) is 12.4 Å². The maximum atomic E-state index is 13.7. The first-order valence-electron chi connectivity index (χ1n) is 7.73. The van der Waals surface area contributed by atoms with E-state index in [4.69, 9.17) is 0 Å². The minimum atomic E-state index is -0.654. The van der Waals surface area contributed by atoms with E-state index in [1.165, 1.54) is 12.1 Å². The van der Waals surface area contributed by atoms with Crippen molar-refractivity contribution in [3.8, 4) is 11.4 Å². The Morgan fingerprint density at radius 1 is 1.24 bits per heavy atom. The number of rotatable bonds is 6. The van der Waals surface area contributed by atoms with Gasteiger partial charge in [0.05, 0.1) is 5.69 Å². The average molecular weight is 341 g/mol. The molecule has 0 radical (unpaired) electrons. The van der Waals surface area contributed by atoms with Crippen molar-refractivity contribution in [2.45, 2.75) is 12.8 Å². The maximum Gasteiger partial charge on any atom is 0.165 e. The van der Waals surface area contributed by atoms with E-state index < -0.39 is 11.6 Å². The highest BCUT2D eigenvalue weighted by Gasteiger charge is 2.11. The molecule has 0 atom stereocenters. The average Bonchev–Trinajstić information content (AvgIpc) is 2.97. The first-order chi connectivity index (χ1) is 12.0. The highest BCUT2D eigenvalue weighted by atomic mass is 19.1. The lowest BCUT2D eigenvalue weighted by Crippen LogP contribution is -2.05. The molecule has 128 valence electrons. The highest BCUT2D eigenvalue weighted by Crippen LogP contribution is 2.19. The monoisotopic (exact) mass is 341 g/mol. The summed E-state index contributed by atoms with van der Waals surface area (Å²) in [6, 6.07) is 7.13. The molecule has 3 aromatic rings. The van der Waals surface area contributed by atoms with Crippen LogP contribution >= 0.6 is 0 Å². The van der Waals surface area contributed by atoms with Gasteiger partial charge in [0.25, 0.3) is 0 Å². The number of pyridine rings is 1. The second kappa shape index (κ2) is 7.21. The van der Waals surface area contributed by atoms with Gasteiger partial charge in [-0.15, -0.1) is 10.2 Å². The normalized spacial score (nSPS) is 10.7. The number of nitrogens with zero attached hydrogens (tertiary/aromatic N) is 4. The molecule has 0 amide bonds. The molecule has 0 fully saturated rings. The second-order valence-corrected chi connectivity index (χ2v) is 5.59. The zero-order valence-corrected chi connectivity index (χ0v) is 13.7. The molecule has 5 nitrogen and oxygen atoms in total. The summed E-state index contributed by atoms with van der Waals surface area (Å²) >= 11 is 0. The molecule has 1 aromatic carbocycles. The van der Waals surface area contributed by atoms with E-state index in [2.05, 4.69) is 27.1 Å². The molecule has 0 aliphatic heterocycles. The topological polar surface area (TPSA) is 55.6 Å². The summed E-state index contributed by atoms with van der Waals surface area (Å²) in [7, 11) is 1.88. The summed E-state index contributed by atoms with van der Waals surface area (Å²) in [5, 5.41) is 11.2. The first-order valence-corrected chi connectivity index (χ1v) is 7.73. The van der Waals surface area contributed by atoms with Gasteiger partial charge in [0, 0.05) is 43.2 Å². The van der Waals surface area contributed by atoms with Gasteiger partial charge in [-0.25, -0.2) is 8.78 Å². The maximum absolute atomic E-state index is 13.7. The van der Waals surface area contributed by atoms with Crippen LogP contribution in [-0.4, -0.2) is 19.7 Å². The Kier molecular flexibility index (Phi) is 4.83. The van der Waals surface area contributed by atoms with Crippen LogP contribution in [0.15, 0.2) is 55.0 Å². The van der Waals surface area contributed by atoms with Crippen molar-refractivity contribution >= 4 is 5.69 Å². The summed E-state index contributed by atoms with van der Waals surface area (Å²) in [5.41, 5.74) is 1.69. The molecular weight excluding hydrogens is 324 g/mol. The van der Waals surface area contributed by atoms with Gasteiger partial charge < -0.3 is 9.88 Å². The summed E-state index contributed by atoms with van der Waals surface area (Å²) in [4.78, 5) is 4.08. The molecule has 25 heavy (non-hydrogen) atoms. The lowest BCUT2D eigenvalue weighted by molar-refractivity contribution is 0.585. The molecule has 7 heteroatoms. The minimum Gasteiger partial charge on any atom is -0.357 e. The Hall–Kier alpha value is -3.09. The Balaban J connectivity index is 1.64. The SMILES string of the molecule is C=C(CCc1nnc(-c2cccnc2)n1C)Nc1ccc(F)cc1F. The molecule has 0 unspecified atom stereocenters. The number of allylic oxidation sites excluding steroid dienone is 1. The molecule has 2 heterocycles. The molecule has 2 aromatic heterocycles. The van der Waals surface area contributed by atoms with E-state index in [0.29, 0.717) is 18.5 Å². The number of nitrogens with one attached hydrogen (secondary N) is 1. The zero-order chi connectivity index (χ0) is 17.8. The molecule has 0 spiro atoms. The first kappa shape index (κ1) is 16.8. The van der Waals surface area contributed by atoms with Gasteiger partial charge in [0.15, 0.2) is 5.82 Å². The van der Waals surface area contributed by atoms with E-state index in [9.17, 15) is 8.78 Å². The lowest BCUT2D eigenvalue weighted by Gasteiger charge is -2.10. The summed E-state index contributed by atoms with van der Waals surface area (Å²) in [5.74, 6) is 0.238. The number of aromatic nitrogens is 4. The Morgan fingerprint density at radius 3 is 2.80 bits per heavy atom. The van der Waals surface area contributed by atoms with Gasteiger partial charge in [0.2, 0.25) is 0 Å². The van der Waals surface area contributed by atoms with Crippen LogP contribution in [-0.2, 0) is 13.5 Å². The zero-order valence-electron chi connectivity index (χ0n) is 13.7. The van der Waals surface area contributed by atoms with Crippen molar-refractivity contribution in [1.82, 2.24) is 19.7 Å². The Bertz CT molecular complexity index is 890. The Morgan fingerprint density at radius 2 is 2.08 bits per heavy atom. The van der Waals surface area contributed by atoms with Crippen molar-refractivity contribution in [2.24, 2.45) is 7.05 Å². The van der Waals surface area contributed by atoms with Crippen LogP contribution in [0.2, 0.25) is 0 Å². The Labute approximate surface area is 144 Å². The standard InChI is InChI=1S/C18H17F2N5/c1-12(22-16-7-6-14(19)10-15(16)20)5-8-17-23-24-18(25(17)2)13-4-3-9-21-11-13/h3-4,6-7,9-11,22H,1,5,8H2,2H3. The van der Waals surface area contributed by atoms with Crippen molar-refractivity contribution in [3.63, 3.8) is 0 Å². The molecule has 0 bridgehead atoms. The van der Waals surface area contributed by atoms with Gasteiger partial charge in [-0.1, -0.05) is 6.58 Å². The number of benzene rings is 1. The lowest BCUT2D eigenvalue weighted by atomic mass is 10.2. The molecule has 0 aliphatic rings. The number of hydrogen-bond donors (Lipinski definition) is 1. The van der Waals surface area contributed by atoms with Crippen LogP contribution in [0, 0.1) is 11.6 Å². The van der Waals surface area contributed by atoms with Crippen molar-refractivity contribution in [1.29, 1.82) is 0 Å². The predicted octanol–water partition coefficient (Wildman–Crippen LogP) is 3.71. The van der Waals surface area contributed by atoms with Crippen LogP contribution in [0.3, 0.4) is 0 Å². The van der Waals surface area contributed by atoms with Crippen LogP contribution in [0.1, 0.15) is 12.2 Å². The van der Waals surface area contributed by atoms with Gasteiger partial charge in [-0.05, 0) is 30.7 Å². The fraction of sp³-hybridized carbons (Fsp3) is 0.167. The van der Waals surface area contributed by atoms with E-state index in [1.807, 2.05) is 23.7 Å². The molecule has 0 saturated carbocycles. The fourth-order valence-electron chi connectivity index (χ4n) is 2.43. The van der Waals surface area contributed by atoms with Crippen LogP contribution in [0.4, 0.5) is 14.5 Å². The largest absolute Gasteiger partial charge is 0.357 e. The second-order valence-electron chi connectivity index (χ2n) is 5.59. The van der Waals surface area contributed by atoms with Gasteiger partial charge in [0.1, 0.15) is 17.5 Å².